The van der Waals surface area contributed by atoms with E-state index in [2.05, 4.69) is 81.2 Å². The molecule has 0 aliphatic rings. The van der Waals surface area contributed by atoms with Crippen LogP contribution in [0, 0.1) is 0 Å². The molecular formula is C49H43Cl7FN19O5. The van der Waals surface area contributed by atoms with E-state index in [1.807, 2.05) is 36.4 Å². The lowest BCUT2D eigenvalue weighted by Gasteiger charge is -2.07. The average molecular weight is 1250 g/mol. The molecular weight excluding hydrogens is 1200 g/mol. The second-order valence-corrected chi connectivity index (χ2v) is 19.1. The highest BCUT2D eigenvalue weighted by Crippen LogP contribution is 2.34. The molecule has 12 aromatic heterocycles. The van der Waals surface area contributed by atoms with Gasteiger partial charge in [-0.3, -0.25) is 0 Å². The van der Waals surface area contributed by atoms with Gasteiger partial charge in [0.1, 0.15) is 70.5 Å². The summed E-state index contributed by atoms with van der Waals surface area (Å²) in [6.07, 6.45) is 14.6. The Morgan fingerprint density at radius 3 is 1.54 bits per heavy atom. The molecule has 0 unspecified atom stereocenters. The van der Waals surface area contributed by atoms with Crippen LogP contribution < -0.4 is 21.3 Å². The standard InChI is InChI=1S/C13H11Cl2FN4O.C13H12Cl2N4O2.C12H12ClN5O2.C11H8Cl2N6/c14-9-7-20(4-3-16)12-10(9)11(18-13(15)19-12)17-6-8-2-1-5-21-8;14-9-7-19(3-4-20)12-10(9)11(17-13(15)18-12)16-6-8-2-1-5-21-8;13-12-16-10(14-6-8-2-1-5-20-8)9-7-15-18(3-4-19)11(9)17-12;12-7-4-16-10-8(7)9(18-11(13)19-10)15-3-6-1-2-14-5-17-6/h1-2,5,7H,3-4,6H2,(H,17,18,19);1-2,5,7,20H,3-4,6H2,(H,16,17,18);1-2,5,7,19H,3-4,6H2,(H,14,16,17);1-2,4-5H,3H2,(H2,15,16,18,19). The number of aliphatic hydroxyl groups is 2. The molecule has 0 aliphatic carbocycles. The van der Waals surface area contributed by atoms with Gasteiger partial charge >= 0.3 is 0 Å². The van der Waals surface area contributed by atoms with Crippen molar-refractivity contribution >= 4 is 149 Å². The van der Waals surface area contributed by atoms with Crippen molar-refractivity contribution in [2.24, 2.45) is 0 Å². The number of nitrogens with one attached hydrogen (secondary N) is 5. The van der Waals surface area contributed by atoms with E-state index in [0.29, 0.717) is 116 Å². The highest BCUT2D eigenvalue weighted by molar-refractivity contribution is 6.38. The van der Waals surface area contributed by atoms with Gasteiger partial charge in [0.2, 0.25) is 21.1 Å². The summed E-state index contributed by atoms with van der Waals surface area (Å²) in [5.41, 5.74) is 3.09. The van der Waals surface area contributed by atoms with Gasteiger partial charge in [-0.2, -0.15) is 45.0 Å². The Hall–Kier alpha value is -7.59. The SMILES string of the molecule is Clc1nc(NCc2ccncn2)c2c(Cl)c[nH]c2n1.FCCn1cc(Cl)c2c(NCc3ccco3)nc(Cl)nc21.OCCn1cc(Cl)c2c(NCc3ccco3)nc(Cl)nc21.OCCn1ncc2c(NCc3ccco3)nc(Cl)nc21. The highest BCUT2D eigenvalue weighted by Gasteiger charge is 2.19. The number of hydrogen-bond donors (Lipinski definition) is 7. The second kappa shape index (κ2) is 27.7. The van der Waals surface area contributed by atoms with E-state index < -0.39 is 6.67 Å². The van der Waals surface area contributed by atoms with E-state index in [1.54, 1.807) is 69.7 Å². The van der Waals surface area contributed by atoms with Crippen molar-refractivity contribution in [2.45, 2.75) is 45.8 Å². The summed E-state index contributed by atoms with van der Waals surface area (Å²) in [7, 11) is 0. The van der Waals surface area contributed by atoms with Crippen LogP contribution in [-0.4, -0.2) is 104 Å². The first-order valence-electron chi connectivity index (χ1n) is 24.0. The Balaban J connectivity index is 0.000000130. The number of hydrogen-bond acceptors (Lipinski definition) is 20. The van der Waals surface area contributed by atoms with E-state index in [4.69, 9.17) is 105 Å². The lowest BCUT2D eigenvalue weighted by atomic mass is 10.3. The number of aromatic amines is 1. The fraction of sp³-hybridized carbons (Fsp3) is 0.204. The Kier molecular flexibility index (Phi) is 19.9. The van der Waals surface area contributed by atoms with Crippen molar-refractivity contribution < 1.29 is 27.9 Å². The van der Waals surface area contributed by atoms with Crippen LogP contribution in [-0.2, 0) is 45.8 Å². The minimum Gasteiger partial charge on any atom is -0.467 e. The number of H-pyrrole nitrogens is 1. The van der Waals surface area contributed by atoms with Gasteiger partial charge in [0.25, 0.3) is 0 Å². The number of alkyl halides is 1. The summed E-state index contributed by atoms with van der Waals surface area (Å²) >= 11 is 42.2. The van der Waals surface area contributed by atoms with E-state index in [-0.39, 0.29) is 40.9 Å². The van der Waals surface area contributed by atoms with Crippen molar-refractivity contribution in [3.8, 4) is 0 Å². The molecule has 0 fully saturated rings. The van der Waals surface area contributed by atoms with Gasteiger partial charge in [-0.15, -0.1) is 0 Å². The first kappa shape index (κ1) is 58.1. The van der Waals surface area contributed by atoms with Crippen LogP contribution in [0.25, 0.3) is 44.1 Å². The number of rotatable bonds is 18. The van der Waals surface area contributed by atoms with Crippen LogP contribution in [0.2, 0.25) is 36.2 Å². The fourth-order valence-corrected chi connectivity index (χ4v) is 9.27. The Labute approximate surface area is 492 Å². The molecule has 0 spiro atoms. The van der Waals surface area contributed by atoms with Crippen LogP contribution >= 0.6 is 81.2 Å². The lowest BCUT2D eigenvalue weighted by molar-refractivity contribution is 0.271. The van der Waals surface area contributed by atoms with Crippen molar-refractivity contribution in [1.29, 1.82) is 0 Å². The number of fused-ring (bicyclic) bond motifs is 4. The van der Waals surface area contributed by atoms with Crippen molar-refractivity contribution in [1.82, 2.24) is 73.7 Å². The monoisotopic (exact) mass is 1240 g/mol. The third-order valence-electron chi connectivity index (χ3n) is 11.3. The Morgan fingerprint density at radius 1 is 0.543 bits per heavy atom. The molecule has 7 N–H and O–H groups in total. The maximum Gasteiger partial charge on any atom is 0.226 e. The Morgan fingerprint density at radius 2 is 1.04 bits per heavy atom. The number of anilines is 4. The van der Waals surface area contributed by atoms with Crippen LogP contribution in [0.1, 0.15) is 23.0 Å². The zero-order valence-electron chi connectivity index (χ0n) is 41.7. The molecule has 0 aliphatic heterocycles. The zero-order valence-corrected chi connectivity index (χ0v) is 47.0. The van der Waals surface area contributed by atoms with Crippen molar-refractivity contribution in [3.05, 3.63) is 158 Å². The molecule has 0 atom stereocenters. The normalized spacial score (nSPS) is 11.1. The molecule has 32 heteroatoms. The van der Waals surface area contributed by atoms with Gasteiger partial charge in [0.05, 0.1) is 120 Å². The molecule has 12 rings (SSSR count). The van der Waals surface area contributed by atoms with Gasteiger partial charge in [0, 0.05) is 31.3 Å². The van der Waals surface area contributed by atoms with Gasteiger partial charge in [0.15, 0.2) is 5.65 Å². The molecule has 0 aromatic carbocycles. The fourth-order valence-electron chi connectivity index (χ4n) is 7.79. The molecule has 24 nitrogen and oxygen atoms in total. The largest absolute Gasteiger partial charge is 0.467 e. The highest BCUT2D eigenvalue weighted by atomic mass is 35.5. The maximum absolute atomic E-state index is 12.6. The number of furan rings is 3. The van der Waals surface area contributed by atoms with E-state index >= 15 is 0 Å². The number of aromatic nitrogens is 15. The van der Waals surface area contributed by atoms with E-state index in [1.165, 1.54) is 6.33 Å². The molecule has 0 amide bonds. The summed E-state index contributed by atoms with van der Waals surface area (Å²) in [5, 5.41) is 39.4. The molecule has 0 saturated heterocycles. The van der Waals surface area contributed by atoms with Crippen molar-refractivity contribution in [3.63, 3.8) is 0 Å². The van der Waals surface area contributed by atoms with Crippen LogP contribution in [0.5, 0.6) is 0 Å². The number of aliphatic hydroxyl groups excluding tert-OH is 2. The number of aryl methyl sites for hydroxylation is 1. The van der Waals surface area contributed by atoms with Gasteiger partial charge in [-0.05, 0) is 88.9 Å². The predicted molar refractivity (Wildman–Crippen MR) is 307 cm³/mol. The third kappa shape index (κ3) is 14.7. The molecule has 12 heterocycles. The topological polar surface area (TPSA) is 300 Å². The van der Waals surface area contributed by atoms with Crippen LogP contribution in [0.15, 0.2) is 112 Å². The minimum absolute atomic E-state index is 0.0170. The molecule has 420 valence electrons. The zero-order chi connectivity index (χ0) is 56.8. The summed E-state index contributed by atoms with van der Waals surface area (Å²) in [5.74, 6) is 4.48. The van der Waals surface area contributed by atoms with Gasteiger partial charge < -0.3 is 58.8 Å². The second-order valence-electron chi connectivity index (χ2n) is 16.6. The molecule has 0 radical (unpaired) electrons. The number of halogens is 8. The lowest BCUT2D eigenvalue weighted by Crippen LogP contribution is -2.06. The molecule has 0 bridgehead atoms. The molecule has 12 aromatic rings. The summed E-state index contributed by atoms with van der Waals surface area (Å²) < 4.78 is 33.3. The Bertz CT molecular complexity index is 3830. The molecule has 81 heavy (non-hydrogen) atoms. The van der Waals surface area contributed by atoms with Gasteiger partial charge in [-0.1, -0.05) is 34.8 Å². The van der Waals surface area contributed by atoms with E-state index in [9.17, 15) is 4.39 Å². The average Bonchev–Trinajstić information content (AvgIpc) is 4.51. The minimum atomic E-state index is -0.517. The van der Waals surface area contributed by atoms with Crippen LogP contribution in [0.4, 0.5) is 27.7 Å². The number of nitrogens with zero attached hydrogens (tertiary/aromatic N) is 14. The van der Waals surface area contributed by atoms with E-state index in [0.717, 1.165) is 28.4 Å². The first-order valence-corrected chi connectivity index (χ1v) is 26.6. The maximum atomic E-state index is 12.6. The summed E-state index contributed by atoms with van der Waals surface area (Å²) in [6.45, 7) is 2.21. The molecule has 0 saturated carbocycles. The van der Waals surface area contributed by atoms with Crippen molar-refractivity contribution in [2.75, 3.05) is 41.2 Å². The summed E-state index contributed by atoms with van der Waals surface area (Å²) in [4.78, 5) is 44.0. The smallest absolute Gasteiger partial charge is 0.226 e. The third-order valence-corrected chi connectivity index (χ3v) is 12.8. The van der Waals surface area contributed by atoms with Gasteiger partial charge in [-0.25, -0.2) is 19.0 Å². The summed E-state index contributed by atoms with van der Waals surface area (Å²) in [6, 6.07) is 12.8. The van der Waals surface area contributed by atoms with Crippen LogP contribution in [0.3, 0.4) is 0 Å². The predicted octanol–water partition coefficient (Wildman–Crippen LogP) is 11.2. The first-order chi connectivity index (χ1) is 39.4. The quantitative estimate of drug-likeness (QED) is 0.0393.